The van der Waals surface area contributed by atoms with Crippen LogP contribution < -0.4 is 4.57 Å². The number of carbonyl (C=O) groups excluding carboxylic acids is 1. The average Bonchev–Trinajstić information content (AvgIpc) is 2.60. The summed E-state index contributed by atoms with van der Waals surface area (Å²) in [7, 11) is 0. The highest BCUT2D eigenvalue weighted by molar-refractivity contribution is 7.80. The van der Waals surface area contributed by atoms with E-state index in [9.17, 15) is 4.79 Å². The van der Waals surface area contributed by atoms with Crippen LogP contribution in [0.1, 0.15) is 23.0 Å². The van der Waals surface area contributed by atoms with Gasteiger partial charge in [0.05, 0.1) is 5.57 Å². The first-order chi connectivity index (χ1) is 11.1. The molecule has 0 saturated carbocycles. The predicted molar refractivity (Wildman–Crippen MR) is 96.9 cm³/mol. The maximum Gasteiger partial charge on any atom is 0.216 e. The summed E-state index contributed by atoms with van der Waals surface area (Å²) in [6.45, 7) is 6.89. The van der Waals surface area contributed by atoms with Gasteiger partial charge in [-0.05, 0) is 31.2 Å². The van der Waals surface area contributed by atoms with E-state index >= 15 is 0 Å². The van der Waals surface area contributed by atoms with Crippen molar-refractivity contribution in [1.82, 2.24) is 0 Å². The Morgan fingerprint density at radius 2 is 1.74 bits per heavy atom. The molecule has 1 heterocycles. The molecule has 0 atom stereocenters. The van der Waals surface area contributed by atoms with Crippen LogP contribution in [0.15, 0.2) is 72.1 Å². The van der Waals surface area contributed by atoms with Crippen molar-refractivity contribution in [2.24, 2.45) is 0 Å². The van der Waals surface area contributed by atoms with E-state index in [4.69, 9.17) is 0 Å². The van der Waals surface area contributed by atoms with E-state index in [1.54, 1.807) is 6.07 Å². The Morgan fingerprint density at radius 3 is 2.48 bits per heavy atom. The van der Waals surface area contributed by atoms with E-state index in [0.29, 0.717) is 16.0 Å². The normalized spacial score (nSPS) is 10.7. The van der Waals surface area contributed by atoms with Gasteiger partial charge in [0, 0.05) is 28.0 Å². The maximum atomic E-state index is 12.8. The van der Waals surface area contributed by atoms with Crippen molar-refractivity contribution in [3.8, 4) is 0 Å². The molecule has 3 rings (SSSR count). The average molecular weight is 320 g/mol. The fourth-order valence-corrected chi connectivity index (χ4v) is 3.07. The van der Waals surface area contributed by atoms with Gasteiger partial charge in [-0.15, -0.1) is 12.6 Å². The summed E-state index contributed by atoms with van der Waals surface area (Å²) >= 11 is 4.38. The zero-order valence-corrected chi connectivity index (χ0v) is 13.9. The highest BCUT2D eigenvalue weighted by Crippen LogP contribution is 2.22. The summed E-state index contributed by atoms with van der Waals surface area (Å²) in [5.41, 5.74) is 3.00. The number of hydrogen-bond donors (Lipinski definition) is 1. The molecule has 0 spiro atoms. The first kappa shape index (κ1) is 15.5. The minimum absolute atomic E-state index is 0.0897. The molecular weight excluding hydrogens is 302 g/mol. The highest BCUT2D eigenvalue weighted by atomic mass is 32.1. The van der Waals surface area contributed by atoms with Gasteiger partial charge >= 0.3 is 0 Å². The third-order valence-corrected chi connectivity index (χ3v) is 4.38. The molecular formula is C20H18NOS+. The minimum atomic E-state index is -0.0897. The van der Waals surface area contributed by atoms with Gasteiger partial charge in [-0.25, -0.2) is 0 Å². The number of thiol groups is 1. The molecule has 3 heteroatoms. The molecule has 0 radical (unpaired) electrons. The molecule has 0 aliphatic heterocycles. The Hall–Kier alpha value is -2.39. The molecule has 0 aliphatic rings. The lowest BCUT2D eigenvalue weighted by Crippen LogP contribution is -2.38. The van der Waals surface area contributed by atoms with Crippen LogP contribution in [0, 0.1) is 0 Å². The molecule has 0 aliphatic carbocycles. The van der Waals surface area contributed by atoms with Gasteiger partial charge < -0.3 is 0 Å². The number of nitrogens with zero attached hydrogens (tertiary/aromatic N) is 1. The van der Waals surface area contributed by atoms with E-state index < -0.39 is 0 Å². The monoisotopic (exact) mass is 320 g/mol. The van der Waals surface area contributed by atoms with Crippen molar-refractivity contribution in [2.45, 2.75) is 18.4 Å². The van der Waals surface area contributed by atoms with Crippen molar-refractivity contribution < 1.29 is 9.36 Å². The summed E-state index contributed by atoms with van der Waals surface area (Å²) < 4.78 is 2.12. The third-order valence-electron chi connectivity index (χ3n) is 3.99. The quantitative estimate of drug-likeness (QED) is 0.328. The lowest BCUT2D eigenvalue weighted by Gasteiger charge is -2.09. The number of aromatic nitrogens is 1. The number of fused-ring (bicyclic) bond motifs is 1. The number of pyridine rings is 1. The van der Waals surface area contributed by atoms with Crippen LogP contribution in [0.5, 0.6) is 0 Å². The summed E-state index contributed by atoms with van der Waals surface area (Å²) in [6.07, 6.45) is 0. The van der Waals surface area contributed by atoms with E-state index in [0.717, 1.165) is 23.1 Å². The van der Waals surface area contributed by atoms with E-state index in [-0.39, 0.29) is 5.78 Å². The molecule has 0 unspecified atom stereocenters. The fourth-order valence-electron chi connectivity index (χ4n) is 2.81. The Balaban J connectivity index is 2.11. The lowest BCUT2D eigenvalue weighted by atomic mass is 10.0. The Bertz CT molecular complexity index is 914. The molecule has 2 aromatic carbocycles. The molecule has 3 aromatic rings. The van der Waals surface area contributed by atoms with Crippen molar-refractivity contribution in [1.29, 1.82) is 0 Å². The molecule has 114 valence electrons. The van der Waals surface area contributed by atoms with Crippen molar-refractivity contribution in [3.05, 3.63) is 78.5 Å². The summed E-state index contributed by atoms with van der Waals surface area (Å²) in [6, 6.07) is 19.5. The molecule has 2 nitrogen and oxygen atoms in total. The second-order valence-electron chi connectivity index (χ2n) is 5.35. The molecule has 1 aromatic heterocycles. The van der Waals surface area contributed by atoms with Crippen LogP contribution in [-0.2, 0) is 6.54 Å². The fraction of sp³-hybridized carbons (Fsp3) is 0.100. The molecule has 0 bridgehead atoms. The smallest absolute Gasteiger partial charge is 0.216 e. The second-order valence-corrected chi connectivity index (χ2v) is 5.83. The Kier molecular flexibility index (Phi) is 4.30. The van der Waals surface area contributed by atoms with Gasteiger partial charge in [0.25, 0.3) is 0 Å². The number of hydrogen-bond acceptors (Lipinski definition) is 2. The van der Waals surface area contributed by atoms with Gasteiger partial charge in [0.15, 0.2) is 5.78 Å². The van der Waals surface area contributed by atoms with Crippen molar-refractivity contribution >= 4 is 34.9 Å². The van der Waals surface area contributed by atoms with Crippen molar-refractivity contribution in [3.63, 3.8) is 0 Å². The van der Waals surface area contributed by atoms with E-state index in [1.165, 1.54) is 0 Å². The Labute approximate surface area is 141 Å². The molecule has 0 saturated heterocycles. The number of aryl methyl sites for hydroxylation is 1. The van der Waals surface area contributed by atoms with Crippen LogP contribution in [0.3, 0.4) is 0 Å². The van der Waals surface area contributed by atoms with Crippen LogP contribution in [0.25, 0.3) is 16.5 Å². The number of para-hydroxylation sites is 1. The van der Waals surface area contributed by atoms with Crippen LogP contribution >= 0.6 is 12.6 Å². The number of benzene rings is 2. The lowest BCUT2D eigenvalue weighted by molar-refractivity contribution is -0.669. The maximum absolute atomic E-state index is 12.8. The van der Waals surface area contributed by atoms with Crippen molar-refractivity contribution in [2.75, 3.05) is 0 Å². The summed E-state index contributed by atoms with van der Waals surface area (Å²) in [4.78, 5) is 13.5. The summed E-state index contributed by atoms with van der Waals surface area (Å²) in [5.74, 6) is -0.0897. The van der Waals surface area contributed by atoms with E-state index in [1.807, 2.05) is 42.5 Å². The SMILES string of the molecule is C=C(C(=O)c1ccccc1S)c1ccc2ccccc2[n+]1CC. The van der Waals surface area contributed by atoms with Gasteiger partial charge in [0.1, 0.15) is 6.54 Å². The first-order valence-corrected chi connectivity index (χ1v) is 8.01. The predicted octanol–water partition coefficient (Wildman–Crippen LogP) is 4.33. The van der Waals surface area contributed by atoms with Crippen LogP contribution in [0.4, 0.5) is 0 Å². The van der Waals surface area contributed by atoms with E-state index in [2.05, 4.69) is 42.8 Å². The minimum Gasteiger partial charge on any atom is -0.288 e. The first-order valence-electron chi connectivity index (χ1n) is 7.57. The van der Waals surface area contributed by atoms with Crippen LogP contribution in [-0.4, -0.2) is 5.78 Å². The number of rotatable bonds is 4. The number of allylic oxidation sites excluding steroid dienone is 1. The molecule has 0 amide bonds. The number of ketones is 1. The molecule has 23 heavy (non-hydrogen) atoms. The third kappa shape index (κ3) is 2.80. The van der Waals surface area contributed by atoms with Crippen LogP contribution in [0.2, 0.25) is 0 Å². The second kappa shape index (κ2) is 6.39. The number of carbonyl (C=O) groups is 1. The highest BCUT2D eigenvalue weighted by Gasteiger charge is 2.23. The zero-order valence-electron chi connectivity index (χ0n) is 13.0. The topological polar surface area (TPSA) is 20.9 Å². The van der Waals surface area contributed by atoms with Gasteiger partial charge in [-0.3, -0.25) is 4.79 Å². The van der Waals surface area contributed by atoms with Gasteiger partial charge in [-0.1, -0.05) is 30.8 Å². The Morgan fingerprint density at radius 1 is 1.04 bits per heavy atom. The standard InChI is InChI=1S/C20H17NOS/c1-3-21-17(13-12-15-8-4-6-10-18(15)21)14(2)20(22)16-9-5-7-11-19(16)23/h4-13H,2-3H2,1H3/p+1. The van der Waals surface area contributed by atoms with Gasteiger partial charge in [0.2, 0.25) is 11.2 Å². The zero-order chi connectivity index (χ0) is 16.4. The summed E-state index contributed by atoms with van der Waals surface area (Å²) in [5, 5.41) is 1.15. The van der Waals surface area contributed by atoms with Gasteiger partial charge in [-0.2, -0.15) is 4.57 Å². The molecule has 0 N–H and O–H groups in total. The molecule has 0 fully saturated rings. The number of Topliss-reactive ketones (excluding diaryl/α,β-unsaturated/α-hetero) is 1. The largest absolute Gasteiger partial charge is 0.288 e.